The molecule has 0 amide bonds. The van der Waals surface area contributed by atoms with Crippen LogP contribution in [0.4, 0.5) is 8.78 Å². The fourth-order valence-electron chi connectivity index (χ4n) is 2.09. The van der Waals surface area contributed by atoms with Gasteiger partial charge in [-0.2, -0.15) is 5.10 Å². The highest BCUT2D eigenvalue weighted by molar-refractivity contribution is 5.21. The van der Waals surface area contributed by atoms with E-state index in [0.29, 0.717) is 12.1 Å². The Morgan fingerprint density at radius 1 is 1.20 bits per heavy atom. The topological polar surface area (TPSA) is 29.9 Å². The SMILES string of the molecule is CCCNCc1cnn(Cc2cc(F)cc(F)c2)c1C. The van der Waals surface area contributed by atoms with Gasteiger partial charge in [-0.1, -0.05) is 6.92 Å². The molecule has 2 aromatic rings. The molecule has 0 unspecified atom stereocenters. The number of hydrogen-bond acceptors (Lipinski definition) is 2. The molecule has 0 aliphatic heterocycles. The molecule has 0 fully saturated rings. The molecular weight excluding hydrogens is 260 g/mol. The van der Waals surface area contributed by atoms with E-state index in [-0.39, 0.29) is 0 Å². The molecule has 1 N–H and O–H groups in total. The van der Waals surface area contributed by atoms with Gasteiger partial charge >= 0.3 is 0 Å². The lowest BCUT2D eigenvalue weighted by atomic mass is 10.2. The molecule has 108 valence electrons. The van der Waals surface area contributed by atoms with Crippen LogP contribution in [0, 0.1) is 18.6 Å². The van der Waals surface area contributed by atoms with Gasteiger partial charge in [0.25, 0.3) is 0 Å². The van der Waals surface area contributed by atoms with Crippen molar-refractivity contribution >= 4 is 0 Å². The summed E-state index contributed by atoms with van der Waals surface area (Å²) in [6.45, 7) is 6.17. The van der Waals surface area contributed by atoms with Crippen molar-refractivity contribution in [3.8, 4) is 0 Å². The van der Waals surface area contributed by atoms with Gasteiger partial charge in [-0.25, -0.2) is 8.78 Å². The number of nitrogens with one attached hydrogen (secondary N) is 1. The van der Waals surface area contributed by atoms with E-state index in [2.05, 4.69) is 17.3 Å². The maximum atomic E-state index is 13.2. The highest BCUT2D eigenvalue weighted by Gasteiger charge is 2.08. The summed E-state index contributed by atoms with van der Waals surface area (Å²) in [5.41, 5.74) is 2.69. The lowest BCUT2D eigenvalue weighted by molar-refractivity contribution is 0.573. The first-order valence-electron chi connectivity index (χ1n) is 6.77. The largest absolute Gasteiger partial charge is 0.313 e. The van der Waals surface area contributed by atoms with Crippen LogP contribution in [0.15, 0.2) is 24.4 Å². The van der Waals surface area contributed by atoms with E-state index in [9.17, 15) is 8.78 Å². The zero-order chi connectivity index (χ0) is 14.5. The van der Waals surface area contributed by atoms with Gasteiger partial charge in [0, 0.05) is 23.9 Å². The molecule has 0 saturated carbocycles. The predicted molar refractivity (Wildman–Crippen MR) is 74.4 cm³/mol. The Labute approximate surface area is 117 Å². The fourth-order valence-corrected chi connectivity index (χ4v) is 2.09. The molecule has 1 aromatic carbocycles. The first-order chi connectivity index (χ1) is 9.60. The van der Waals surface area contributed by atoms with Crippen LogP contribution in [-0.4, -0.2) is 16.3 Å². The van der Waals surface area contributed by atoms with Gasteiger partial charge < -0.3 is 5.32 Å². The van der Waals surface area contributed by atoms with Crippen LogP contribution >= 0.6 is 0 Å². The lowest BCUT2D eigenvalue weighted by Gasteiger charge is -2.07. The minimum Gasteiger partial charge on any atom is -0.313 e. The number of rotatable bonds is 6. The molecule has 1 aromatic heterocycles. The van der Waals surface area contributed by atoms with E-state index < -0.39 is 11.6 Å². The molecule has 0 radical (unpaired) electrons. The molecule has 0 aliphatic carbocycles. The summed E-state index contributed by atoms with van der Waals surface area (Å²) in [5.74, 6) is -1.12. The van der Waals surface area contributed by atoms with Gasteiger partial charge in [-0.15, -0.1) is 0 Å². The summed E-state index contributed by atoms with van der Waals surface area (Å²) in [5, 5.41) is 7.60. The number of aromatic nitrogens is 2. The zero-order valence-corrected chi connectivity index (χ0v) is 11.8. The molecule has 0 saturated heterocycles. The number of hydrogen-bond donors (Lipinski definition) is 1. The van der Waals surface area contributed by atoms with Crippen molar-refractivity contribution in [1.82, 2.24) is 15.1 Å². The van der Waals surface area contributed by atoms with E-state index in [1.807, 2.05) is 6.92 Å². The van der Waals surface area contributed by atoms with E-state index in [1.165, 1.54) is 12.1 Å². The molecule has 0 aliphatic rings. The van der Waals surface area contributed by atoms with Crippen molar-refractivity contribution in [2.45, 2.75) is 33.4 Å². The summed E-state index contributed by atoms with van der Waals surface area (Å²) < 4.78 is 28.1. The van der Waals surface area contributed by atoms with E-state index >= 15 is 0 Å². The van der Waals surface area contributed by atoms with Crippen LogP contribution in [0.3, 0.4) is 0 Å². The highest BCUT2D eigenvalue weighted by atomic mass is 19.1. The van der Waals surface area contributed by atoms with E-state index in [4.69, 9.17) is 0 Å². The third kappa shape index (κ3) is 3.63. The van der Waals surface area contributed by atoms with Crippen molar-refractivity contribution < 1.29 is 8.78 Å². The quantitative estimate of drug-likeness (QED) is 0.824. The second kappa shape index (κ2) is 6.61. The van der Waals surface area contributed by atoms with Gasteiger partial charge in [0.1, 0.15) is 11.6 Å². The Bertz CT molecular complexity index is 558. The molecule has 5 heteroatoms. The Kier molecular flexibility index (Phi) is 4.84. The fraction of sp³-hybridized carbons (Fsp3) is 0.400. The molecule has 1 heterocycles. The van der Waals surface area contributed by atoms with Gasteiger partial charge in [-0.3, -0.25) is 4.68 Å². The normalized spacial score (nSPS) is 11.0. The van der Waals surface area contributed by atoms with Crippen LogP contribution in [0.1, 0.15) is 30.2 Å². The zero-order valence-electron chi connectivity index (χ0n) is 11.8. The van der Waals surface area contributed by atoms with Crippen molar-refractivity contribution in [2.75, 3.05) is 6.54 Å². The van der Waals surface area contributed by atoms with Crippen molar-refractivity contribution in [2.24, 2.45) is 0 Å². The summed E-state index contributed by atoms with van der Waals surface area (Å²) in [4.78, 5) is 0. The van der Waals surface area contributed by atoms with Crippen LogP contribution < -0.4 is 5.32 Å². The van der Waals surface area contributed by atoms with Gasteiger partial charge in [0.05, 0.1) is 12.7 Å². The summed E-state index contributed by atoms with van der Waals surface area (Å²) in [6, 6.07) is 3.54. The Balaban J connectivity index is 2.09. The Morgan fingerprint density at radius 3 is 2.55 bits per heavy atom. The molecular formula is C15H19F2N3. The van der Waals surface area contributed by atoms with Gasteiger partial charge in [0.15, 0.2) is 0 Å². The maximum absolute atomic E-state index is 13.2. The van der Waals surface area contributed by atoms with Gasteiger partial charge in [0.2, 0.25) is 0 Å². The Hall–Kier alpha value is -1.75. The standard InChI is InChI=1S/C15H19F2N3/c1-3-4-18-8-13-9-19-20(11(13)2)10-12-5-14(16)7-15(17)6-12/h5-7,9,18H,3-4,8,10H2,1-2H3. The van der Waals surface area contributed by atoms with Crippen LogP contribution in [-0.2, 0) is 13.1 Å². The minimum absolute atomic E-state index is 0.369. The van der Waals surface area contributed by atoms with Gasteiger partial charge in [-0.05, 0) is 37.6 Å². The average Bonchev–Trinajstić information content (AvgIpc) is 2.71. The predicted octanol–water partition coefficient (Wildman–Crippen LogP) is 3.02. The molecule has 3 nitrogen and oxygen atoms in total. The molecule has 0 atom stereocenters. The molecule has 0 bridgehead atoms. The second-order valence-corrected chi connectivity index (χ2v) is 4.87. The third-order valence-electron chi connectivity index (χ3n) is 3.20. The molecule has 20 heavy (non-hydrogen) atoms. The smallest absolute Gasteiger partial charge is 0.126 e. The Morgan fingerprint density at radius 2 is 1.90 bits per heavy atom. The molecule has 0 spiro atoms. The first-order valence-corrected chi connectivity index (χ1v) is 6.77. The lowest BCUT2D eigenvalue weighted by Crippen LogP contribution is -2.14. The first kappa shape index (κ1) is 14.7. The number of halogens is 2. The third-order valence-corrected chi connectivity index (χ3v) is 3.20. The number of benzene rings is 1. The van der Waals surface area contributed by atoms with Crippen molar-refractivity contribution in [3.63, 3.8) is 0 Å². The number of nitrogens with zero attached hydrogens (tertiary/aromatic N) is 2. The monoisotopic (exact) mass is 279 g/mol. The summed E-state index contributed by atoms with van der Waals surface area (Å²) >= 11 is 0. The summed E-state index contributed by atoms with van der Waals surface area (Å²) in [7, 11) is 0. The van der Waals surface area contributed by atoms with E-state index in [0.717, 1.165) is 36.8 Å². The van der Waals surface area contributed by atoms with Crippen LogP contribution in [0.2, 0.25) is 0 Å². The maximum Gasteiger partial charge on any atom is 0.126 e. The summed E-state index contributed by atoms with van der Waals surface area (Å²) in [6.07, 6.45) is 2.88. The van der Waals surface area contributed by atoms with E-state index in [1.54, 1.807) is 10.9 Å². The molecule has 2 rings (SSSR count). The minimum atomic E-state index is -0.561. The van der Waals surface area contributed by atoms with Crippen LogP contribution in [0.5, 0.6) is 0 Å². The van der Waals surface area contributed by atoms with Crippen molar-refractivity contribution in [3.05, 3.63) is 52.9 Å². The highest BCUT2D eigenvalue weighted by Crippen LogP contribution is 2.13. The second-order valence-electron chi connectivity index (χ2n) is 4.87. The van der Waals surface area contributed by atoms with Crippen LogP contribution in [0.25, 0.3) is 0 Å². The van der Waals surface area contributed by atoms with Crippen molar-refractivity contribution in [1.29, 1.82) is 0 Å². The average molecular weight is 279 g/mol.